The Labute approximate surface area is 106 Å². The molecule has 0 saturated carbocycles. The van der Waals surface area contributed by atoms with E-state index in [1.54, 1.807) is 5.51 Å². The van der Waals surface area contributed by atoms with E-state index in [-0.39, 0.29) is 5.43 Å². The molecule has 3 nitrogen and oxygen atoms in total. The molecule has 2 aromatic heterocycles. The predicted octanol–water partition coefficient (Wildman–Crippen LogP) is 3.29. The molecular formula is C14H8N2OS. The standard InChI is InChI=1S/C14H8N2OS/c17-13-8-3-1-2-4-9(8)16-10-5-6-11-14(12(10)13)18-7-15-11/h1-7H,(H,16,17). The zero-order valence-corrected chi connectivity index (χ0v) is 10.1. The van der Waals surface area contributed by atoms with Crippen molar-refractivity contribution in [1.82, 2.24) is 9.97 Å². The van der Waals surface area contributed by atoms with Crippen LogP contribution in [0.5, 0.6) is 0 Å². The number of aromatic nitrogens is 2. The van der Waals surface area contributed by atoms with Gasteiger partial charge in [-0.15, -0.1) is 11.3 Å². The van der Waals surface area contributed by atoms with E-state index in [0.29, 0.717) is 0 Å². The van der Waals surface area contributed by atoms with Crippen molar-refractivity contribution in [2.45, 2.75) is 0 Å². The Morgan fingerprint density at radius 1 is 1.06 bits per heavy atom. The van der Waals surface area contributed by atoms with Gasteiger partial charge in [-0.3, -0.25) is 4.79 Å². The van der Waals surface area contributed by atoms with Crippen molar-refractivity contribution in [2.75, 3.05) is 0 Å². The van der Waals surface area contributed by atoms with Crippen LogP contribution in [0.2, 0.25) is 0 Å². The van der Waals surface area contributed by atoms with Gasteiger partial charge >= 0.3 is 0 Å². The number of aromatic amines is 1. The minimum Gasteiger partial charge on any atom is -0.354 e. The molecule has 0 unspecified atom stereocenters. The summed E-state index contributed by atoms with van der Waals surface area (Å²) in [5.41, 5.74) is 4.48. The van der Waals surface area contributed by atoms with Crippen LogP contribution in [0.1, 0.15) is 0 Å². The van der Waals surface area contributed by atoms with E-state index in [1.165, 1.54) is 11.3 Å². The van der Waals surface area contributed by atoms with Crippen molar-refractivity contribution in [3.63, 3.8) is 0 Å². The first-order chi connectivity index (χ1) is 8.84. The van der Waals surface area contributed by atoms with Gasteiger partial charge in [0.25, 0.3) is 0 Å². The van der Waals surface area contributed by atoms with Crippen LogP contribution in [0, 0.1) is 0 Å². The van der Waals surface area contributed by atoms with Gasteiger partial charge in [-0.1, -0.05) is 12.1 Å². The van der Waals surface area contributed by atoms with Gasteiger partial charge in [-0.2, -0.15) is 0 Å². The third kappa shape index (κ3) is 1.18. The highest BCUT2D eigenvalue weighted by Crippen LogP contribution is 2.26. The van der Waals surface area contributed by atoms with E-state index in [9.17, 15) is 4.79 Å². The number of pyridine rings is 1. The average Bonchev–Trinajstić information content (AvgIpc) is 2.87. The van der Waals surface area contributed by atoms with Gasteiger partial charge in [0, 0.05) is 10.9 Å². The number of hydrogen-bond acceptors (Lipinski definition) is 3. The first-order valence-electron chi connectivity index (χ1n) is 5.61. The average molecular weight is 252 g/mol. The Kier molecular flexibility index (Phi) is 1.85. The van der Waals surface area contributed by atoms with E-state index in [2.05, 4.69) is 9.97 Å². The molecule has 1 N–H and O–H groups in total. The summed E-state index contributed by atoms with van der Waals surface area (Å²) in [7, 11) is 0. The molecule has 0 atom stereocenters. The Morgan fingerprint density at radius 2 is 1.94 bits per heavy atom. The molecule has 4 aromatic rings. The summed E-state index contributed by atoms with van der Waals surface area (Å²) in [6.45, 7) is 0. The fourth-order valence-electron chi connectivity index (χ4n) is 2.33. The number of para-hydroxylation sites is 1. The molecule has 0 fully saturated rings. The van der Waals surface area contributed by atoms with Gasteiger partial charge < -0.3 is 4.98 Å². The van der Waals surface area contributed by atoms with Crippen LogP contribution in [-0.2, 0) is 0 Å². The monoisotopic (exact) mass is 252 g/mol. The van der Waals surface area contributed by atoms with Gasteiger partial charge in [0.05, 0.1) is 26.6 Å². The highest BCUT2D eigenvalue weighted by atomic mass is 32.1. The third-order valence-corrected chi connectivity index (χ3v) is 4.03. The molecule has 0 aliphatic carbocycles. The smallest absolute Gasteiger partial charge is 0.198 e. The Hall–Kier alpha value is -2.20. The molecule has 0 saturated heterocycles. The molecule has 0 radical (unpaired) electrons. The summed E-state index contributed by atoms with van der Waals surface area (Å²) in [5.74, 6) is 0. The largest absolute Gasteiger partial charge is 0.354 e. The van der Waals surface area contributed by atoms with Crippen LogP contribution in [0.4, 0.5) is 0 Å². The first-order valence-corrected chi connectivity index (χ1v) is 6.49. The molecule has 2 aromatic carbocycles. The Balaban J connectivity index is 2.40. The molecule has 2 heterocycles. The molecular weight excluding hydrogens is 244 g/mol. The lowest BCUT2D eigenvalue weighted by molar-refractivity contribution is 1.47. The minimum absolute atomic E-state index is 0.0780. The van der Waals surface area contributed by atoms with Gasteiger partial charge in [-0.25, -0.2) is 4.98 Å². The lowest BCUT2D eigenvalue weighted by Crippen LogP contribution is -2.03. The van der Waals surface area contributed by atoms with Crippen LogP contribution in [0.25, 0.3) is 32.0 Å². The molecule has 0 amide bonds. The molecule has 0 aliphatic rings. The second-order valence-corrected chi connectivity index (χ2v) is 5.04. The SMILES string of the molecule is O=c1c2ccccc2[nH]c2ccc3ncsc3c12. The summed E-state index contributed by atoms with van der Waals surface area (Å²) in [5, 5.41) is 1.47. The molecule has 0 bridgehead atoms. The highest BCUT2D eigenvalue weighted by Gasteiger charge is 2.09. The van der Waals surface area contributed by atoms with Crippen LogP contribution in [0.15, 0.2) is 46.7 Å². The zero-order chi connectivity index (χ0) is 12.1. The topological polar surface area (TPSA) is 45.8 Å². The van der Waals surface area contributed by atoms with Crippen molar-refractivity contribution in [3.8, 4) is 0 Å². The molecule has 0 aliphatic heterocycles. The fraction of sp³-hybridized carbons (Fsp3) is 0. The van der Waals surface area contributed by atoms with Crippen LogP contribution < -0.4 is 5.43 Å². The van der Waals surface area contributed by atoms with Crippen molar-refractivity contribution in [3.05, 3.63) is 52.1 Å². The molecule has 4 rings (SSSR count). The third-order valence-electron chi connectivity index (χ3n) is 3.17. The lowest BCUT2D eigenvalue weighted by atomic mass is 10.1. The van der Waals surface area contributed by atoms with Crippen molar-refractivity contribution in [2.24, 2.45) is 0 Å². The maximum Gasteiger partial charge on any atom is 0.198 e. The molecule has 86 valence electrons. The maximum atomic E-state index is 12.6. The second kappa shape index (κ2) is 3.40. The van der Waals surface area contributed by atoms with Gasteiger partial charge in [0.1, 0.15) is 0 Å². The minimum atomic E-state index is 0.0780. The van der Waals surface area contributed by atoms with Gasteiger partial charge in [0.2, 0.25) is 0 Å². The molecule has 18 heavy (non-hydrogen) atoms. The number of fused-ring (bicyclic) bond motifs is 4. The molecule has 4 heteroatoms. The van der Waals surface area contributed by atoms with Crippen molar-refractivity contribution >= 4 is 43.4 Å². The van der Waals surface area contributed by atoms with Gasteiger partial charge in [-0.05, 0) is 24.3 Å². The van der Waals surface area contributed by atoms with E-state index >= 15 is 0 Å². The lowest BCUT2D eigenvalue weighted by Gasteiger charge is -2.02. The second-order valence-electron chi connectivity index (χ2n) is 4.19. The summed E-state index contributed by atoms with van der Waals surface area (Å²) < 4.78 is 0.958. The Morgan fingerprint density at radius 3 is 2.89 bits per heavy atom. The summed E-state index contributed by atoms with van der Waals surface area (Å²) in [6, 6.07) is 11.5. The van der Waals surface area contributed by atoms with E-state index in [1.807, 2.05) is 36.4 Å². The quantitative estimate of drug-likeness (QED) is 0.488. The fourth-order valence-corrected chi connectivity index (χ4v) is 3.16. The van der Waals surface area contributed by atoms with Crippen LogP contribution in [0.3, 0.4) is 0 Å². The van der Waals surface area contributed by atoms with Crippen LogP contribution in [-0.4, -0.2) is 9.97 Å². The number of benzene rings is 2. The number of nitrogens with one attached hydrogen (secondary N) is 1. The maximum absolute atomic E-state index is 12.6. The number of rotatable bonds is 0. The van der Waals surface area contributed by atoms with E-state index in [4.69, 9.17) is 0 Å². The van der Waals surface area contributed by atoms with Crippen molar-refractivity contribution in [1.29, 1.82) is 0 Å². The van der Waals surface area contributed by atoms with E-state index in [0.717, 1.165) is 32.0 Å². The molecule has 0 spiro atoms. The number of hydrogen-bond donors (Lipinski definition) is 1. The normalized spacial score (nSPS) is 11.6. The number of nitrogens with zero attached hydrogens (tertiary/aromatic N) is 1. The number of H-pyrrole nitrogens is 1. The number of thiazole rings is 1. The van der Waals surface area contributed by atoms with E-state index < -0.39 is 0 Å². The highest BCUT2D eigenvalue weighted by molar-refractivity contribution is 7.17. The first kappa shape index (κ1) is 9.79. The summed E-state index contributed by atoms with van der Waals surface area (Å²) >= 11 is 1.51. The Bertz CT molecular complexity index is 952. The summed E-state index contributed by atoms with van der Waals surface area (Å²) in [6.07, 6.45) is 0. The van der Waals surface area contributed by atoms with Crippen molar-refractivity contribution < 1.29 is 0 Å². The van der Waals surface area contributed by atoms with Crippen LogP contribution >= 0.6 is 11.3 Å². The predicted molar refractivity (Wildman–Crippen MR) is 75.3 cm³/mol. The summed E-state index contributed by atoms with van der Waals surface area (Å²) in [4.78, 5) is 20.1. The zero-order valence-electron chi connectivity index (χ0n) is 9.31. The van der Waals surface area contributed by atoms with Gasteiger partial charge in [0.15, 0.2) is 5.43 Å².